The fraction of sp³-hybridized carbons (Fsp3) is 0.407. The molecule has 6 nitrogen and oxygen atoms in total. The zero-order valence-corrected chi connectivity index (χ0v) is 21.4. The summed E-state index contributed by atoms with van der Waals surface area (Å²) in [5.41, 5.74) is 2.45. The Morgan fingerprint density at radius 3 is 2.46 bits per heavy atom. The number of nitrogens with one attached hydrogen (secondary N) is 1. The zero-order valence-electron chi connectivity index (χ0n) is 20.5. The highest BCUT2D eigenvalue weighted by molar-refractivity contribution is 7.91. The molecule has 0 unspecified atom stereocenters. The Kier molecular flexibility index (Phi) is 6.52. The Hall–Kier alpha value is -2.98. The minimum absolute atomic E-state index is 0.0513. The van der Waals surface area contributed by atoms with Crippen molar-refractivity contribution in [1.29, 1.82) is 0 Å². The quantitative estimate of drug-likeness (QED) is 0.476. The van der Waals surface area contributed by atoms with Gasteiger partial charge < -0.3 is 0 Å². The summed E-state index contributed by atoms with van der Waals surface area (Å²) < 4.78 is 72.0. The molecule has 1 aromatic heterocycles. The van der Waals surface area contributed by atoms with E-state index in [1.54, 1.807) is 18.2 Å². The van der Waals surface area contributed by atoms with E-state index in [1.807, 2.05) is 19.9 Å². The van der Waals surface area contributed by atoms with E-state index in [0.29, 0.717) is 35.2 Å². The van der Waals surface area contributed by atoms with Crippen LogP contribution in [0.3, 0.4) is 0 Å². The second-order valence-electron chi connectivity index (χ2n) is 10.2. The van der Waals surface area contributed by atoms with Crippen LogP contribution in [0, 0.1) is 11.6 Å². The summed E-state index contributed by atoms with van der Waals surface area (Å²) in [4.78, 5) is 18.0. The lowest BCUT2D eigenvalue weighted by Crippen LogP contribution is -2.48. The second-order valence-corrected chi connectivity index (χ2v) is 12.2. The van der Waals surface area contributed by atoms with Gasteiger partial charge in [-0.3, -0.25) is 9.36 Å². The third kappa shape index (κ3) is 4.96. The van der Waals surface area contributed by atoms with Crippen LogP contribution in [0.4, 0.5) is 13.2 Å². The highest BCUT2D eigenvalue weighted by atomic mass is 32.2. The van der Waals surface area contributed by atoms with Gasteiger partial charge in [0, 0.05) is 42.5 Å². The van der Waals surface area contributed by atoms with E-state index in [1.165, 1.54) is 23.0 Å². The molecule has 1 fully saturated rings. The molecule has 0 bridgehead atoms. The molecule has 0 saturated heterocycles. The lowest BCUT2D eigenvalue weighted by Gasteiger charge is -2.34. The smallest absolute Gasteiger partial charge is 0.257 e. The molecule has 196 valence electrons. The molecule has 0 amide bonds. The molecule has 2 aliphatic carbocycles. The van der Waals surface area contributed by atoms with Gasteiger partial charge in [-0.15, -0.1) is 0 Å². The van der Waals surface area contributed by atoms with Crippen LogP contribution in [0.2, 0.25) is 0 Å². The van der Waals surface area contributed by atoms with Gasteiger partial charge in [0.15, 0.2) is 0 Å². The number of aromatic nitrogens is 2. The molecule has 0 radical (unpaired) electrons. The maximum atomic E-state index is 14.6. The highest BCUT2D eigenvalue weighted by Gasteiger charge is 2.56. The molecule has 5 rings (SSSR count). The van der Waals surface area contributed by atoms with Gasteiger partial charge in [0.25, 0.3) is 5.56 Å². The van der Waals surface area contributed by atoms with Crippen molar-refractivity contribution < 1.29 is 21.6 Å². The SMILES string of the molecule is CC(C)n1cnc2c(c1=O)[C@@H](Cc1cccc(-c3cc(F)cc(F)c3)c1)[C@@H](NS(=O)(=O)C1(F)CC1)CC2. The van der Waals surface area contributed by atoms with E-state index in [9.17, 15) is 26.4 Å². The first kappa shape index (κ1) is 25.7. The van der Waals surface area contributed by atoms with E-state index in [2.05, 4.69) is 9.71 Å². The van der Waals surface area contributed by atoms with Gasteiger partial charge in [-0.2, -0.15) is 0 Å². The van der Waals surface area contributed by atoms with Crippen LogP contribution < -0.4 is 10.3 Å². The number of aryl methyl sites for hydroxylation is 1. The predicted octanol–water partition coefficient (Wildman–Crippen LogP) is 4.79. The van der Waals surface area contributed by atoms with Crippen molar-refractivity contribution in [3.8, 4) is 11.1 Å². The summed E-state index contributed by atoms with van der Waals surface area (Å²) in [6.45, 7) is 3.71. The van der Waals surface area contributed by atoms with Crippen molar-refractivity contribution >= 4 is 10.0 Å². The molecular formula is C27H28F3N3O3S. The number of nitrogens with zero attached hydrogens (tertiary/aromatic N) is 2. The van der Waals surface area contributed by atoms with Gasteiger partial charge in [-0.1, -0.05) is 24.3 Å². The van der Waals surface area contributed by atoms with E-state index in [0.717, 1.165) is 11.6 Å². The maximum absolute atomic E-state index is 14.6. The molecule has 2 atom stereocenters. The molecule has 1 heterocycles. The fourth-order valence-electron chi connectivity index (χ4n) is 5.06. The normalized spacial score (nSPS) is 20.6. The molecule has 37 heavy (non-hydrogen) atoms. The number of rotatable bonds is 7. The van der Waals surface area contributed by atoms with Crippen molar-refractivity contribution in [1.82, 2.24) is 14.3 Å². The van der Waals surface area contributed by atoms with Crippen LogP contribution in [0.1, 0.15) is 61.9 Å². The van der Waals surface area contributed by atoms with Crippen LogP contribution in [-0.2, 0) is 22.9 Å². The Balaban J connectivity index is 1.56. The third-order valence-electron chi connectivity index (χ3n) is 7.23. The predicted molar refractivity (Wildman–Crippen MR) is 134 cm³/mol. The van der Waals surface area contributed by atoms with Crippen LogP contribution in [0.15, 0.2) is 53.6 Å². The Morgan fingerprint density at radius 2 is 1.81 bits per heavy atom. The summed E-state index contributed by atoms with van der Waals surface area (Å²) in [5.74, 6) is -2.00. The fourth-order valence-corrected chi connectivity index (χ4v) is 6.59. The van der Waals surface area contributed by atoms with E-state index in [-0.39, 0.29) is 30.9 Å². The molecule has 0 aliphatic heterocycles. The van der Waals surface area contributed by atoms with Gasteiger partial charge in [0.2, 0.25) is 15.0 Å². The van der Waals surface area contributed by atoms with Gasteiger partial charge in [0.1, 0.15) is 11.6 Å². The summed E-state index contributed by atoms with van der Waals surface area (Å²) in [6, 6.07) is 9.44. The summed E-state index contributed by atoms with van der Waals surface area (Å²) in [7, 11) is -4.24. The van der Waals surface area contributed by atoms with Crippen molar-refractivity contribution in [2.24, 2.45) is 0 Å². The van der Waals surface area contributed by atoms with Crippen molar-refractivity contribution in [2.75, 3.05) is 0 Å². The number of sulfonamides is 1. The van der Waals surface area contributed by atoms with Gasteiger partial charge >= 0.3 is 0 Å². The van der Waals surface area contributed by atoms with Crippen molar-refractivity contribution in [3.63, 3.8) is 0 Å². The van der Waals surface area contributed by atoms with E-state index in [4.69, 9.17) is 0 Å². The van der Waals surface area contributed by atoms with Gasteiger partial charge in [0.05, 0.1) is 12.0 Å². The average Bonchev–Trinajstić information content (AvgIpc) is 3.59. The van der Waals surface area contributed by atoms with Gasteiger partial charge in [-0.05, 0) is 61.9 Å². The average molecular weight is 532 g/mol. The molecule has 2 aromatic carbocycles. The Bertz CT molecular complexity index is 1500. The number of hydrogen-bond acceptors (Lipinski definition) is 4. The number of hydrogen-bond donors (Lipinski definition) is 1. The zero-order chi connectivity index (χ0) is 26.5. The molecule has 1 N–H and O–H groups in total. The first-order chi connectivity index (χ1) is 17.5. The first-order valence-electron chi connectivity index (χ1n) is 12.3. The standard InChI is InChI=1S/C27H28F3N3O3S/c1-16(2)33-15-31-24-7-6-23(32-37(35,36)27(30)8-9-27)22(25(24)26(33)34)11-17-4-3-5-18(10-17)19-12-20(28)14-21(29)13-19/h3-5,10,12-16,22-23,32H,6-9,11H2,1-2H3/t22-,23-/m0/s1. The second kappa shape index (κ2) is 9.40. The monoisotopic (exact) mass is 531 g/mol. The summed E-state index contributed by atoms with van der Waals surface area (Å²) in [5, 5.41) is -2.27. The van der Waals surface area contributed by atoms with Crippen molar-refractivity contribution in [2.45, 2.75) is 69.0 Å². The lowest BCUT2D eigenvalue weighted by atomic mass is 9.78. The lowest BCUT2D eigenvalue weighted by molar-refractivity contribution is 0.372. The van der Waals surface area contributed by atoms with Crippen LogP contribution in [0.5, 0.6) is 0 Å². The third-order valence-corrected chi connectivity index (χ3v) is 9.21. The van der Waals surface area contributed by atoms with E-state index < -0.39 is 38.6 Å². The summed E-state index contributed by atoms with van der Waals surface area (Å²) >= 11 is 0. The van der Waals surface area contributed by atoms with Gasteiger partial charge in [-0.25, -0.2) is 31.3 Å². The molecule has 10 heteroatoms. The van der Waals surface area contributed by atoms with E-state index >= 15 is 0 Å². The first-order valence-corrected chi connectivity index (χ1v) is 13.8. The Labute approximate surface area is 213 Å². The molecule has 3 aromatic rings. The van der Waals surface area contributed by atoms with Crippen LogP contribution in [0.25, 0.3) is 11.1 Å². The molecule has 1 saturated carbocycles. The number of alkyl halides is 1. The largest absolute Gasteiger partial charge is 0.296 e. The number of fused-ring (bicyclic) bond motifs is 1. The number of benzene rings is 2. The minimum atomic E-state index is -4.24. The highest BCUT2D eigenvalue weighted by Crippen LogP contribution is 2.45. The van der Waals surface area contributed by atoms with Crippen molar-refractivity contribution in [3.05, 3.63) is 87.6 Å². The molecule has 0 spiro atoms. The summed E-state index contributed by atoms with van der Waals surface area (Å²) in [6.07, 6.45) is 2.40. The maximum Gasteiger partial charge on any atom is 0.257 e. The molecule has 2 aliphatic rings. The van der Waals surface area contributed by atoms with Crippen LogP contribution >= 0.6 is 0 Å². The number of halogens is 3. The Morgan fingerprint density at radius 1 is 1.11 bits per heavy atom. The van der Waals surface area contributed by atoms with Crippen LogP contribution in [-0.4, -0.2) is 29.0 Å². The molecular weight excluding hydrogens is 503 g/mol. The minimum Gasteiger partial charge on any atom is -0.296 e. The topological polar surface area (TPSA) is 81.1 Å².